The van der Waals surface area contributed by atoms with E-state index >= 15 is 0 Å². The number of carbonyl (C=O) groups is 1. The van der Waals surface area contributed by atoms with Crippen molar-refractivity contribution in [3.05, 3.63) is 24.3 Å². The Morgan fingerprint density at radius 2 is 2.15 bits per heavy atom. The van der Waals surface area contributed by atoms with Gasteiger partial charge in [0.05, 0.1) is 18.1 Å². The van der Waals surface area contributed by atoms with Crippen molar-refractivity contribution in [1.29, 1.82) is 0 Å². The summed E-state index contributed by atoms with van der Waals surface area (Å²) < 4.78 is 25.2. The number of nitrogens with zero attached hydrogens (tertiary/aromatic N) is 1. The van der Waals surface area contributed by atoms with Gasteiger partial charge in [-0.1, -0.05) is 13.8 Å². The molecule has 1 fully saturated rings. The van der Waals surface area contributed by atoms with Crippen molar-refractivity contribution in [2.75, 3.05) is 38.6 Å². The maximum atomic E-state index is 12.8. The number of amides is 1. The molecule has 0 saturated carbocycles. The number of ether oxygens (including phenoxy) is 2. The topological polar surface area (TPSA) is 93.9 Å². The molecule has 8 heteroatoms. The lowest BCUT2D eigenvalue weighted by molar-refractivity contribution is 0.0831. The average molecular weight is 384 g/mol. The summed E-state index contributed by atoms with van der Waals surface area (Å²) in [5.74, 6) is 0.382. The Morgan fingerprint density at radius 1 is 1.42 bits per heavy atom. The van der Waals surface area contributed by atoms with Crippen molar-refractivity contribution in [3.63, 3.8) is 0 Å². The number of alkyl carbamates (subject to hydrolysis) is 1. The molecule has 1 aliphatic heterocycles. The van der Waals surface area contributed by atoms with Gasteiger partial charge in [-0.2, -0.15) is 0 Å². The number of hydrogen-bond acceptors (Lipinski definition) is 5. The molecule has 0 spiro atoms. The maximum Gasteiger partial charge on any atom is 0.407 e. The van der Waals surface area contributed by atoms with Gasteiger partial charge in [0.25, 0.3) is 0 Å². The highest BCUT2D eigenvalue weighted by Crippen LogP contribution is 2.15. The second-order valence-corrected chi connectivity index (χ2v) is 8.26. The van der Waals surface area contributed by atoms with Crippen LogP contribution in [-0.2, 0) is 20.5 Å². The molecule has 26 heavy (non-hydrogen) atoms. The lowest BCUT2D eigenvalue weighted by Gasteiger charge is -2.23. The largest absolute Gasteiger partial charge is 0.444 e. The van der Waals surface area contributed by atoms with Crippen LogP contribution < -0.4 is 11.1 Å². The van der Waals surface area contributed by atoms with Gasteiger partial charge in [-0.15, -0.1) is 0 Å². The van der Waals surface area contributed by atoms with Gasteiger partial charge in [0.15, 0.2) is 0 Å². The summed E-state index contributed by atoms with van der Waals surface area (Å²) in [5, 5.41) is 2.75. The fraction of sp³-hybridized carbons (Fsp3) is 0.611. The van der Waals surface area contributed by atoms with Crippen LogP contribution in [0.2, 0.25) is 0 Å². The Morgan fingerprint density at radius 3 is 2.77 bits per heavy atom. The predicted molar refractivity (Wildman–Crippen MR) is 102 cm³/mol. The normalized spacial score (nSPS) is 18.2. The van der Waals surface area contributed by atoms with Crippen LogP contribution in [0.15, 0.2) is 29.2 Å². The third-order valence-electron chi connectivity index (χ3n) is 3.90. The lowest BCUT2D eigenvalue weighted by Crippen LogP contribution is -2.34. The van der Waals surface area contributed by atoms with Crippen LogP contribution in [-0.4, -0.2) is 53.6 Å². The molecule has 0 radical (unpaired) electrons. The minimum absolute atomic E-state index is 0.148. The fourth-order valence-corrected chi connectivity index (χ4v) is 4.02. The molecule has 146 valence electrons. The molecule has 1 aromatic carbocycles. The van der Waals surface area contributed by atoms with Crippen LogP contribution in [0, 0.1) is 5.92 Å². The summed E-state index contributed by atoms with van der Waals surface area (Å²) in [5.41, 5.74) is 6.35. The van der Waals surface area contributed by atoms with Gasteiger partial charge in [0, 0.05) is 31.7 Å². The number of nitrogens with one attached hydrogen (secondary N) is 1. The van der Waals surface area contributed by atoms with E-state index < -0.39 is 17.1 Å². The van der Waals surface area contributed by atoms with Crippen molar-refractivity contribution in [3.8, 4) is 0 Å². The molecule has 0 bridgehead atoms. The van der Waals surface area contributed by atoms with E-state index in [0.29, 0.717) is 50.9 Å². The quantitative estimate of drug-likeness (QED) is 0.503. The Labute approximate surface area is 157 Å². The predicted octanol–water partition coefficient (Wildman–Crippen LogP) is 2.15. The molecule has 1 saturated heterocycles. The number of carbonyl (C=O) groups excluding carboxylic acids is 1. The number of nitrogen functional groups attached to an aromatic ring is 1. The Bertz CT molecular complexity index is 589. The SMILES string of the molecule is CC(C)CN(CCCNC(=O)O[C@H]1CCOC1)S(=O)c1ccc(N)cc1. The lowest BCUT2D eigenvalue weighted by atomic mass is 10.2. The molecule has 7 nitrogen and oxygen atoms in total. The summed E-state index contributed by atoms with van der Waals surface area (Å²) in [7, 11) is -1.25. The van der Waals surface area contributed by atoms with Gasteiger partial charge < -0.3 is 20.5 Å². The first kappa shape index (κ1) is 20.7. The summed E-state index contributed by atoms with van der Waals surface area (Å²) >= 11 is 0. The van der Waals surface area contributed by atoms with Crippen LogP contribution in [0.1, 0.15) is 26.7 Å². The highest BCUT2D eigenvalue weighted by Gasteiger charge is 2.20. The Balaban J connectivity index is 1.78. The van der Waals surface area contributed by atoms with Gasteiger partial charge in [-0.3, -0.25) is 0 Å². The molecule has 0 aromatic heterocycles. The van der Waals surface area contributed by atoms with Gasteiger partial charge in [0.2, 0.25) is 0 Å². The number of anilines is 1. The van der Waals surface area contributed by atoms with Crippen molar-refractivity contribution in [1.82, 2.24) is 9.62 Å². The molecule has 0 aliphatic carbocycles. The van der Waals surface area contributed by atoms with Gasteiger partial charge >= 0.3 is 6.09 Å². The van der Waals surface area contributed by atoms with Gasteiger partial charge in [-0.25, -0.2) is 13.3 Å². The molecule has 1 unspecified atom stereocenters. The second kappa shape index (κ2) is 10.5. The molecule has 1 aromatic rings. The first-order chi connectivity index (χ1) is 12.5. The van der Waals surface area contributed by atoms with Crippen LogP contribution in [0.25, 0.3) is 0 Å². The highest BCUT2D eigenvalue weighted by atomic mass is 32.2. The van der Waals surface area contributed by atoms with Crippen molar-refractivity contribution >= 4 is 22.8 Å². The number of benzene rings is 1. The zero-order chi connectivity index (χ0) is 18.9. The van der Waals surface area contributed by atoms with Gasteiger partial charge in [0.1, 0.15) is 17.1 Å². The first-order valence-corrected chi connectivity index (χ1v) is 10.1. The summed E-state index contributed by atoms with van der Waals surface area (Å²) in [4.78, 5) is 12.5. The zero-order valence-corrected chi connectivity index (χ0v) is 16.3. The van der Waals surface area contributed by atoms with E-state index in [1.807, 2.05) is 4.31 Å². The fourth-order valence-electron chi connectivity index (χ4n) is 2.63. The van der Waals surface area contributed by atoms with E-state index in [9.17, 15) is 9.00 Å². The maximum absolute atomic E-state index is 12.8. The van der Waals surface area contributed by atoms with E-state index in [0.717, 1.165) is 11.3 Å². The van der Waals surface area contributed by atoms with Gasteiger partial charge in [-0.05, 0) is 36.6 Å². The van der Waals surface area contributed by atoms with E-state index in [4.69, 9.17) is 15.2 Å². The molecular weight excluding hydrogens is 354 g/mol. The molecule has 2 rings (SSSR count). The monoisotopic (exact) mass is 383 g/mol. The summed E-state index contributed by atoms with van der Waals surface area (Å²) in [6, 6.07) is 7.09. The molecule has 1 amide bonds. The number of nitrogens with two attached hydrogens (primary N) is 1. The average Bonchev–Trinajstić information content (AvgIpc) is 3.10. The third-order valence-corrected chi connectivity index (χ3v) is 5.38. The number of rotatable bonds is 9. The summed E-state index contributed by atoms with van der Waals surface area (Å²) in [6.45, 7) is 7.08. The van der Waals surface area contributed by atoms with E-state index in [2.05, 4.69) is 19.2 Å². The Kier molecular flexibility index (Phi) is 8.34. The molecule has 2 atom stereocenters. The minimum atomic E-state index is -1.25. The minimum Gasteiger partial charge on any atom is -0.444 e. The number of hydrogen-bond donors (Lipinski definition) is 2. The van der Waals surface area contributed by atoms with Crippen LogP contribution in [0.4, 0.5) is 10.5 Å². The molecule has 3 N–H and O–H groups in total. The zero-order valence-electron chi connectivity index (χ0n) is 15.5. The van der Waals surface area contributed by atoms with E-state index in [1.54, 1.807) is 24.3 Å². The van der Waals surface area contributed by atoms with Crippen molar-refractivity contribution in [2.24, 2.45) is 5.92 Å². The summed E-state index contributed by atoms with van der Waals surface area (Å²) in [6.07, 6.45) is 0.862. The van der Waals surface area contributed by atoms with Crippen LogP contribution >= 0.6 is 0 Å². The van der Waals surface area contributed by atoms with Crippen molar-refractivity contribution in [2.45, 2.75) is 37.7 Å². The first-order valence-electron chi connectivity index (χ1n) is 9.00. The van der Waals surface area contributed by atoms with E-state index in [-0.39, 0.29) is 6.10 Å². The molecule has 1 aliphatic rings. The van der Waals surface area contributed by atoms with Crippen molar-refractivity contribution < 1.29 is 18.5 Å². The van der Waals surface area contributed by atoms with E-state index in [1.165, 1.54) is 0 Å². The van der Waals surface area contributed by atoms with Crippen LogP contribution in [0.3, 0.4) is 0 Å². The smallest absolute Gasteiger partial charge is 0.407 e. The Hall–Kier alpha value is -1.64. The standard InChI is InChI=1S/C18H29N3O4S/c1-14(2)12-21(26(23)17-6-4-15(19)5-7-17)10-3-9-20-18(22)25-16-8-11-24-13-16/h4-7,14,16H,3,8-13,19H2,1-2H3,(H,20,22)/t16-,26?/m0/s1. The second-order valence-electron chi connectivity index (χ2n) is 6.77. The van der Waals surface area contributed by atoms with Crippen LogP contribution in [0.5, 0.6) is 0 Å². The third kappa shape index (κ3) is 6.93. The molecule has 1 heterocycles. The molecular formula is C18H29N3O4S. The highest BCUT2D eigenvalue weighted by molar-refractivity contribution is 7.82.